The number of esters is 1. The molecule has 2 atom stereocenters. The summed E-state index contributed by atoms with van der Waals surface area (Å²) in [6, 6.07) is 0. The van der Waals surface area contributed by atoms with Gasteiger partial charge in [-0.05, 0) is 13.3 Å². The third-order valence-corrected chi connectivity index (χ3v) is 2.44. The first kappa shape index (κ1) is 11.1. The molecule has 0 heterocycles. The van der Waals surface area contributed by atoms with Crippen molar-refractivity contribution >= 4 is 5.97 Å². The van der Waals surface area contributed by atoms with Crippen molar-refractivity contribution in [2.24, 2.45) is 11.3 Å². The van der Waals surface area contributed by atoms with Crippen LogP contribution in [0.25, 0.3) is 0 Å². The fraction of sp³-hybridized carbons (Fsp3) is 0.667. The van der Waals surface area contributed by atoms with Crippen LogP contribution in [-0.2, 0) is 9.53 Å². The first-order valence-electron chi connectivity index (χ1n) is 4.26. The van der Waals surface area contributed by atoms with E-state index in [2.05, 4.69) is 11.3 Å². The number of hydrogen-bond donors (Lipinski definition) is 0. The van der Waals surface area contributed by atoms with E-state index >= 15 is 0 Å². The molecule has 0 spiro atoms. The number of halogens is 3. The Hall–Kier alpha value is -1.00. The summed E-state index contributed by atoms with van der Waals surface area (Å²) in [7, 11) is 0. The lowest BCUT2D eigenvalue weighted by Crippen LogP contribution is -2.36. The van der Waals surface area contributed by atoms with Crippen LogP contribution < -0.4 is 0 Å². The van der Waals surface area contributed by atoms with Crippen molar-refractivity contribution in [1.82, 2.24) is 0 Å². The molecule has 0 amide bonds. The maximum Gasteiger partial charge on any atom is 0.405 e. The highest BCUT2D eigenvalue weighted by Gasteiger charge is 2.75. The molecule has 5 heteroatoms. The van der Waals surface area contributed by atoms with E-state index in [1.165, 1.54) is 6.92 Å². The summed E-state index contributed by atoms with van der Waals surface area (Å²) in [6.07, 6.45) is -3.62. The minimum atomic E-state index is -4.54. The number of carbonyl (C=O) groups excluding carboxylic acids is 1. The molecule has 0 aromatic carbocycles. The minimum Gasteiger partial charge on any atom is -0.465 e. The lowest BCUT2D eigenvalue weighted by molar-refractivity contribution is -0.208. The van der Waals surface area contributed by atoms with Crippen LogP contribution in [0, 0.1) is 11.3 Å². The third-order valence-electron chi connectivity index (χ3n) is 2.44. The zero-order valence-corrected chi connectivity index (χ0v) is 7.73. The van der Waals surface area contributed by atoms with Gasteiger partial charge in [-0.1, -0.05) is 6.08 Å². The molecule has 14 heavy (non-hydrogen) atoms. The van der Waals surface area contributed by atoms with E-state index in [4.69, 9.17) is 0 Å². The average molecular weight is 208 g/mol. The highest BCUT2D eigenvalue weighted by atomic mass is 19.4. The first-order valence-corrected chi connectivity index (χ1v) is 4.26. The van der Waals surface area contributed by atoms with Crippen molar-refractivity contribution in [3.05, 3.63) is 12.7 Å². The number of alkyl halides is 3. The van der Waals surface area contributed by atoms with Crippen LogP contribution in [0.3, 0.4) is 0 Å². The van der Waals surface area contributed by atoms with Crippen molar-refractivity contribution in [1.29, 1.82) is 0 Å². The van der Waals surface area contributed by atoms with E-state index in [1.54, 1.807) is 0 Å². The van der Waals surface area contributed by atoms with Gasteiger partial charge in [0.25, 0.3) is 0 Å². The van der Waals surface area contributed by atoms with Crippen molar-refractivity contribution in [3.8, 4) is 0 Å². The highest BCUT2D eigenvalue weighted by molar-refractivity contribution is 5.82. The van der Waals surface area contributed by atoms with Gasteiger partial charge in [0.1, 0.15) is 0 Å². The average Bonchev–Trinajstić information content (AvgIpc) is 2.78. The summed E-state index contributed by atoms with van der Waals surface area (Å²) in [4.78, 5) is 11.2. The van der Waals surface area contributed by atoms with Gasteiger partial charge in [0, 0.05) is 5.92 Å². The molecule has 2 nitrogen and oxygen atoms in total. The maximum atomic E-state index is 12.6. The van der Waals surface area contributed by atoms with E-state index in [0.717, 1.165) is 6.08 Å². The Morgan fingerprint density at radius 3 is 2.57 bits per heavy atom. The van der Waals surface area contributed by atoms with E-state index in [1.807, 2.05) is 0 Å². The second kappa shape index (κ2) is 3.29. The summed E-state index contributed by atoms with van der Waals surface area (Å²) < 4.78 is 42.1. The van der Waals surface area contributed by atoms with E-state index in [9.17, 15) is 18.0 Å². The van der Waals surface area contributed by atoms with Crippen LogP contribution in [0.1, 0.15) is 13.3 Å². The lowest BCUT2D eigenvalue weighted by atomic mass is 10.0. The Morgan fingerprint density at radius 1 is 1.71 bits per heavy atom. The van der Waals surface area contributed by atoms with Gasteiger partial charge in [0.05, 0.1) is 6.61 Å². The number of allylic oxidation sites excluding steroid dienone is 1. The fourth-order valence-corrected chi connectivity index (χ4v) is 1.51. The Bertz CT molecular complexity index is 259. The van der Waals surface area contributed by atoms with Crippen LogP contribution >= 0.6 is 0 Å². The molecule has 0 unspecified atom stereocenters. The Balaban J connectivity index is 2.87. The topological polar surface area (TPSA) is 26.3 Å². The van der Waals surface area contributed by atoms with E-state index < -0.39 is 23.5 Å². The normalized spacial score (nSPS) is 31.0. The summed E-state index contributed by atoms with van der Waals surface area (Å²) in [5.74, 6) is -2.01. The molecule has 1 fully saturated rings. The number of ether oxygens (including phenoxy) is 1. The quantitative estimate of drug-likeness (QED) is 0.525. The SMILES string of the molecule is C=C[C@@H]1C[C@]1(C(=O)OCC)C(F)(F)F. The van der Waals surface area contributed by atoms with Crippen LogP contribution in [0.4, 0.5) is 13.2 Å². The van der Waals surface area contributed by atoms with Gasteiger partial charge >= 0.3 is 12.1 Å². The zero-order valence-electron chi connectivity index (χ0n) is 7.73. The highest BCUT2D eigenvalue weighted by Crippen LogP contribution is 2.63. The van der Waals surface area contributed by atoms with Gasteiger partial charge < -0.3 is 4.74 Å². The summed E-state index contributed by atoms with van der Waals surface area (Å²) in [6.45, 7) is 4.70. The molecule has 0 radical (unpaired) electrons. The second-order valence-corrected chi connectivity index (χ2v) is 3.24. The number of rotatable bonds is 3. The molecule has 1 aliphatic rings. The fourth-order valence-electron chi connectivity index (χ4n) is 1.51. The third kappa shape index (κ3) is 1.40. The van der Waals surface area contributed by atoms with Gasteiger partial charge in [0.15, 0.2) is 5.41 Å². The predicted octanol–water partition coefficient (Wildman–Crippen LogP) is 2.30. The predicted molar refractivity (Wildman–Crippen MR) is 43.4 cm³/mol. The van der Waals surface area contributed by atoms with Crippen molar-refractivity contribution < 1.29 is 22.7 Å². The number of carbonyl (C=O) groups is 1. The lowest BCUT2D eigenvalue weighted by Gasteiger charge is -2.18. The molecule has 80 valence electrons. The number of hydrogen-bond acceptors (Lipinski definition) is 2. The van der Waals surface area contributed by atoms with Crippen molar-refractivity contribution in [2.45, 2.75) is 19.5 Å². The molecule has 0 N–H and O–H groups in total. The Kier molecular flexibility index (Phi) is 2.61. The van der Waals surface area contributed by atoms with Gasteiger partial charge in [0.2, 0.25) is 0 Å². The molecule has 0 aliphatic heterocycles. The van der Waals surface area contributed by atoms with Crippen LogP contribution in [0.15, 0.2) is 12.7 Å². The second-order valence-electron chi connectivity index (χ2n) is 3.24. The summed E-state index contributed by atoms with van der Waals surface area (Å²) >= 11 is 0. The molecule has 0 aromatic rings. The zero-order chi connectivity index (χ0) is 11.0. The molecular formula is C9H11F3O2. The van der Waals surface area contributed by atoms with Crippen LogP contribution in [0.5, 0.6) is 0 Å². The minimum absolute atomic E-state index is 0.0411. The summed E-state index contributed by atoms with van der Waals surface area (Å²) in [5.41, 5.74) is -2.31. The monoisotopic (exact) mass is 208 g/mol. The molecule has 0 saturated heterocycles. The molecular weight excluding hydrogens is 197 g/mol. The van der Waals surface area contributed by atoms with Gasteiger partial charge in [-0.25, -0.2) is 0 Å². The first-order chi connectivity index (χ1) is 6.40. The van der Waals surface area contributed by atoms with Crippen molar-refractivity contribution in [3.63, 3.8) is 0 Å². The largest absolute Gasteiger partial charge is 0.465 e. The Labute approximate surface area is 79.7 Å². The van der Waals surface area contributed by atoms with Gasteiger partial charge in [-0.2, -0.15) is 13.2 Å². The van der Waals surface area contributed by atoms with Gasteiger partial charge in [-0.15, -0.1) is 6.58 Å². The van der Waals surface area contributed by atoms with E-state index in [0.29, 0.717) is 0 Å². The van der Waals surface area contributed by atoms with Crippen LogP contribution in [0.2, 0.25) is 0 Å². The summed E-state index contributed by atoms with van der Waals surface area (Å²) in [5, 5.41) is 0. The standard InChI is InChI=1S/C9H11F3O2/c1-3-6-5-8(6,9(10,11)12)7(13)14-4-2/h3,6H,1,4-5H2,2H3/t6-,8+/m1/s1. The molecule has 0 bridgehead atoms. The molecule has 1 rings (SSSR count). The smallest absolute Gasteiger partial charge is 0.405 e. The Morgan fingerprint density at radius 2 is 2.29 bits per heavy atom. The molecule has 0 aromatic heterocycles. The maximum absolute atomic E-state index is 12.6. The molecule has 1 aliphatic carbocycles. The molecule has 1 saturated carbocycles. The van der Waals surface area contributed by atoms with E-state index in [-0.39, 0.29) is 13.0 Å². The van der Waals surface area contributed by atoms with Gasteiger partial charge in [-0.3, -0.25) is 4.79 Å². The van der Waals surface area contributed by atoms with Crippen LogP contribution in [-0.4, -0.2) is 18.8 Å². The van der Waals surface area contributed by atoms with Crippen molar-refractivity contribution in [2.75, 3.05) is 6.61 Å².